The highest BCUT2D eigenvalue weighted by molar-refractivity contribution is 7.90. The number of benzene rings is 1. The molecule has 0 aliphatic carbocycles. The molecule has 1 rings (SSSR count). The van der Waals surface area contributed by atoms with E-state index in [1.165, 1.54) is 12.1 Å². The predicted molar refractivity (Wildman–Crippen MR) is 65.6 cm³/mol. The zero-order chi connectivity index (χ0) is 13.2. The Balaban J connectivity index is 3.17. The molecule has 0 atom stereocenters. The van der Waals surface area contributed by atoms with E-state index in [2.05, 4.69) is 0 Å². The summed E-state index contributed by atoms with van der Waals surface area (Å²) in [6, 6.07) is 2.69. The third kappa shape index (κ3) is 3.63. The van der Waals surface area contributed by atoms with Gasteiger partial charge in [0.1, 0.15) is 9.84 Å². The molecule has 6 nitrogen and oxygen atoms in total. The number of sulfone groups is 1. The van der Waals surface area contributed by atoms with E-state index in [1.807, 2.05) is 0 Å². The third-order valence-electron chi connectivity index (χ3n) is 2.26. The second-order valence-corrected chi connectivity index (χ2v) is 6.08. The highest BCUT2D eigenvalue weighted by atomic mass is 32.2. The van der Waals surface area contributed by atoms with Crippen LogP contribution >= 0.6 is 0 Å². The van der Waals surface area contributed by atoms with Crippen molar-refractivity contribution in [2.45, 2.75) is 6.42 Å². The van der Waals surface area contributed by atoms with Crippen LogP contribution in [0.5, 0.6) is 0 Å². The van der Waals surface area contributed by atoms with Crippen LogP contribution in [-0.4, -0.2) is 31.5 Å². The first-order valence-electron chi connectivity index (χ1n) is 4.79. The summed E-state index contributed by atoms with van der Waals surface area (Å²) in [5.74, 6) is -1.33. The first-order valence-corrected chi connectivity index (χ1v) is 6.85. The van der Waals surface area contributed by atoms with Gasteiger partial charge in [0.15, 0.2) is 0 Å². The summed E-state index contributed by atoms with van der Waals surface area (Å²) >= 11 is 0. The highest BCUT2D eigenvalue weighted by Gasteiger charge is 2.15. The lowest BCUT2D eigenvalue weighted by Crippen LogP contribution is -2.12. The van der Waals surface area contributed by atoms with E-state index in [0.717, 1.165) is 6.26 Å². The molecule has 0 amide bonds. The van der Waals surface area contributed by atoms with E-state index < -0.39 is 15.8 Å². The van der Waals surface area contributed by atoms with Gasteiger partial charge in [-0.3, -0.25) is 0 Å². The van der Waals surface area contributed by atoms with E-state index in [1.54, 1.807) is 0 Å². The van der Waals surface area contributed by atoms with Gasteiger partial charge in [-0.15, -0.1) is 0 Å². The standard InChI is InChI=1S/C10H14N2O4S/c1-17(15,16)3-2-7-8(10(13)14)4-6(11)5-9(7)12/h4-5H,2-3,11-12H2,1H3,(H,13,14). The van der Waals surface area contributed by atoms with Crippen molar-refractivity contribution >= 4 is 27.2 Å². The molecule has 0 fully saturated rings. The molecule has 0 radical (unpaired) electrons. The van der Waals surface area contributed by atoms with Gasteiger partial charge in [-0.25, -0.2) is 13.2 Å². The molecule has 0 saturated heterocycles. The quantitative estimate of drug-likeness (QED) is 0.660. The zero-order valence-electron chi connectivity index (χ0n) is 9.30. The summed E-state index contributed by atoms with van der Waals surface area (Å²) in [4.78, 5) is 11.0. The molecule has 0 aromatic heterocycles. The maximum Gasteiger partial charge on any atom is 0.336 e. The fourth-order valence-corrected chi connectivity index (χ4v) is 2.05. The SMILES string of the molecule is CS(=O)(=O)CCc1c(N)cc(N)cc1C(=O)O. The molecule has 1 aromatic carbocycles. The second kappa shape index (κ2) is 4.62. The smallest absolute Gasteiger partial charge is 0.336 e. The van der Waals surface area contributed by atoms with E-state index in [-0.39, 0.29) is 29.1 Å². The van der Waals surface area contributed by atoms with Crippen LogP contribution in [0.3, 0.4) is 0 Å². The van der Waals surface area contributed by atoms with Gasteiger partial charge in [0.2, 0.25) is 0 Å². The van der Waals surface area contributed by atoms with Gasteiger partial charge in [-0.2, -0.15) is 0 Å². The van der Waals surface area contributed by atoms with Crippen LogP contribution in [0.1, 0.15) is 15.9 Å². The Labute approximate surface area is 99.2 Å². The molecule has 5 N–H and O–H groups in total. The normalized spacial score (nSPS) is 11.4. The molecule has 0 spiro atoms. The minimum atomic E-state index is -3.17. The number of anilines is 2. The molecular formula is C10H14N2O4S. The first-order chi connectivity index (χ1) is 7.70. The van der Waals surface area contributed by atoms with E-state index in [0.29, 0.717) is 5.56 Å². The molecule has 0 aliphatic rings. The summed E-state index contributed by atoms with van der Waals surface area (Å²) in [6.07, 6.45) is 1.15. The highest BCUT2D eigenvalue weighted by Crippen LogP contribution is 2.22. The average molecular weight is 258 g/mol. The summed E-state index contributed by atoms with van der Waals surface area (Å²) in [6.45, 7) is 0. The number of nitrogens with two attached hydrogens (primary N) is 2. The molecule has 0 saturated carbocycles. The Bertz CT molecular complexity index is 552. The summed E-state index contributed by atoms with van der Waals surface area (Å²) in [5.41, 5.74) is 11.8. The van der Waals surface area contributed by atoms with Crippen LogP contribution in [0, 0.1) is 0 Å². The number of carboxylic acid groups (broad SMARTS) is 1. The molecule has 7 heteroatoms. The second-order valence-electron chi connectivity index (χ2n) is 3.82. The van der Waals surface area contributed by atoms with Gasteiger partial charge in [0.05, 0.1) is 11.3 Å². The van der Waals surface area contributed by atoms with Crippen LogP contribution in [0.25, 0.3) is 0 Å². The number of rotatable bonds is 4. The van der Waals surface area contributed by atoms with Crippen molar-refractivity contribution < 1.29 is 18.3 Å². The van der Waals surface area contributed by atoms with Gasteiger partial charge < -0.3 is 16.6 Å². The molecule has 0 aliphatic heterocycles. The third-order valence-corrected chi connectivity index (χ3v) is 3.21. The number of nitrogen functional groups attached to an aromatic ring is 2. The van der Waals surface area contributed by atoms with Crippen molar-refractivity contribution in [3.8, 4) is 0 Å². The number of carboxylic acids is 1. The molecule has 17 heavy (non-hydrogen) atoms. The number of aromatic carboxylic acids is 1. The Morgan fingerprint density at radius 3 is 2.41 bits per heavy atom. The van der Waals surface area contributed by atoms with Crippen LogP contribution in [0.2, 0.25) is 0 Å². The van der Waals surface area contributed by atoms with Crippen LogP contribution in [-0.2, 0) is 16.3 Å². The molecule has 94 valence electrons. The average Bonchev–Trinajstić information content (AvgIpc) is 2.13. The molecule has 0 heterocycles. The van der Waals surface area contributed by atoms with Crippen molar-refractivity contribution in [1.29, 1.82) is 0 Å². The largest absolute Gasteiger partial charge is 0.478 e. The fraction of sp³-hybridized carbons (Fsp3) is 0.300. The predicted octanol–water partition coefficient (Wildman–Crippen LogP) is 0.136. The lowest BCUT2D eigenvalue weighted by Gasteiger charge is -2.10. The zero-order valence-corrected chi connectivity index (χ0v) is 10.1. The molecular weight excluding hydrogens is 244 g/mol. The fourth-order valence-electron chi connectivity index (χ4n) is 1.47. The Morgan fingerprint density at radius 1 is 1.35 bits per heavy atom. The monoisotopic (exact) mass is 258 g/mol. The molecule has 0 unspecified atom stereocenters. The summed E-state index contributed by atoms with van der Waals surface area (Å²) in [5, 5.41) is 8.98. The number of hydrogen-bond donors (Lipinski definition) is 3. The van der Waals surface area contributed by atoms with E-state index in [4.69, 9.17) is 16.6 Å². The van der Waals surface area contributed by atoms with Crippen molar-refractivity contribution in [3.63, 3.8) is 0 Å². The Kier molecular flexibility index (Phi) is 3.62. The van der Waals surface area contributed by atoms with Gasteiger partial charge in [0.25, 0.3) is 0 Å². The summed E-state index contributed by atoms with van der Waals surface area (Å²) < 4.78 is 22.1. The molecule has 0 bridgehead atoms. The lowest BCUT2D eigenvalue weighted by atomic mass is 10.0. The van der Waals surface area contributed by atoms with Crippen molar-refractivity contribution in [2.75, 3.05) is 23.5 Å². The van der Waals surface area contributed by atoms with Gasteiger partial charge >= 0.3 is 5.97 Å². The topological polar surface area (TPSA) is 123 Å². The van der Waals surface area contributed by atoms with Gasteiger partial charge in [0, 0.05) is 17.6 Å². The maximum atomic E-state index is 11.1. The minimum absolute atomic E-state index is 0.0499. The van der Waals surface area contributed by atoms with Crippen molar-refractivity contribution in [1.82, 2.24) is 0 Å². The van der Waals surface area contributed by atoms with Crippen molar-refractivity contribution in [3.05, 3.63) is 23.3 Å². The van der Waals surface area contributed by atoms with Crippen LogP contribution in [0.15, 0.2) is 12.1 Å². The van der Waals surface area contributed by atoms with Crippen molar-refractivity contribution in [2.24, 2.45) is 0 Å². The van der Waals surface area contributed by atoms with Crippen LogP contribution in [0.4, 0.5) is 11.4 Å². The Hall–Kier alpha value is -1.76. The van der Waals surface area contributed by atoms with E-state index >= 15 is 0 Å². The van der Waals surface area contributed by atoms with Crippen LogP contribution < -0.4 is 11.5 Å². The number of hydrogen-bond acceptors (Lipinski definition) is 5. The van der Waals surface area contributed by atoms with Gasteiger partial charge in [-0.05, 0) is 24.1 Å². The minimum Gasteiger partial charge on any atom is -0.478 e. The Morgan fingerprint density at radius 2 is 1.94 bits per heavy atom. The first kappa shape index (κ1) is 13.3. The lowest BCUT2D eigenvalue weighted by molar-refractivity contribution is 0.0696. The summed E-state index contributed by atoms with van der Waals surface area (Å²) in [7, 11) is -3.17. The number of carbonyl (C=O) groups is 1. The molecule has 1 aromatic rings. The van der Waals surface area contributed by atoms with E-state index in [9.17, 15) is 13.2 Å². The van der Waals surface area contributed by atoms with Gasteiger partial charge in [-0.1, -0.05) is 0 Å². The maximum absolute atomic E-state index is 11.1.